The molecule has 8 rings (SSSR count). The topological polar surface area (TPSA) is 66.5 Å². The number of hydrogen-bond acceptors (Lipinski definition) is 7. The van der Waals surface area contributed by atoms with Crippen molar-refractivity contribution in [3.63, 3.8) is 0 Å². The summed E-state index contributed by atoms with van der Waals surface area (Å²) in [7, 11) is 5.51. The van der Waals surface area contributed by atoms with Crippen LogP contribution in [0.4, 0.5) is 0 Å². The van der Waals surface area contributed by atoms with Crippen molar-refractivity contribution < 1.29 is 28.5 Å². The van der Waals surface area contributed by atoms with E-state index in [1.807, 2.05) is 51.7 Å². The quantitative estimate of drug-likeness (QED) is 0.396. The van der Waals surface area contributed by atoms with Crippen LogP contribution in [-0.2, 0) is 23.7 Å². The highest BCUT2D eigenvalue weighted by atomic mass is 16.6. The molecule has 7 aliphatic rings. The summed E-state index contributed by atoms with van der Waals surface area (Å²) in [6.07, 6.45) is 6.23. The Bertz CT molecular complexity index is 1110. The third-order valence-electron chi connectivity index (χ3n) is 11.3. The number of fused-ring (bicyclic) bond motifs is 1. The number of esters is 1. The Morgan fingerprint density at radius 2 is 1.92 bits per heavy atom. The molecule has 5 fully saturated rings. The van der Waals surface area contributed by atoms with Crippen molar-refractivity contribution in [1.29, 1.82) is 0 Å². The Morgan fingerprint density at radius 1 is 1.11 bits per heavy atom. The Hall–Kier alpha value is -1.77. The molecular weight excluding hydrogens is 482 g/mol. The number of ether oxygens (including phenoxy) is 5. The standard InChI is InChI=1S/C31H41NO6/c1-5-32-16-30(17-34-2)12-11-25(36-4)31-21-13-20-22(35-3)14-19(23(15-24(30)31)37-29(31)32)26(21)27(20)38-28(33)18-9-7-6-8-10-18/h6-10,15,19-23,25-27,29H,5,11-14,16-17H2,1-4H3/t19?,20?,21?,22-,23?,25?,26?,27?,29?,30-,31?/m0/s1. The average molecular weight is 524 g/mol. The number of methoxy groups -OCH3 is 3. The number of benzene rings is 1. The van der Waals surface area contributed by atoms with Crippen LogP contribution in [0, 0.1) is 34.5 Å². The van der Waals surface area contributed by atoms with Crippen LogP contribution in [0.3, 0.4) is 0 Å². The minimum absolute atomic E-state index is 0.0334. The normalized spacial score (nSPS) is 46.4. The van der Waals surface area contributed by atoms with Gasteiger partial charge in [0.2, 0.25) is 0 Å². The first-order valence-corrected chi connectivity index (χ1v) is 14.4. The Balaban J connectivity index is 1.37. The summed E-state index contributed by atoms with van der Waals surface area (Å²) in [6, 6.07) is 9.39. The van der Waals surface area contributed by atoms with Crippen molar-refractivity contribution in [3.05, 3.63) is 47.5 Å². The van der Waals surface area contributed by atoms with Gasteiger partial charge in [0.25, 0.3) is 0 Å². The van der Waals surface area contributed by atoms with Crippen molar-refractivity contribution in [3.8, 4) is 0 Å². The molecule has 11 atom stereocenters. The fraction of sp³-hybridized carbons (Fsp3) is 0.710. The SMILES string of the molecule is CCN1C[C@]2(COC)CCC(OC)C34C2=CC(OC13)C1C[C@H](OC)C2CC4C1C2OC(=O)c1ccccc1. The molecule has 2 saturated heterocycles. The summed E-state index contributed by atoms with van der Waals surface area (Å²) < 4.78 is 32.1. The van der Waals surface area contributed by atoms with Crippen molar-refractivity contribution in [2.75, 3.05) is 41.0 Å². The molecule has 9 unspecified atom stereocenters. The number of rotatable bonds is 7. The lowest BCUT2D eigenvalue weighted by Gasteiger charge is -2.67. The molecule has 0 N–H and O–H groups in total. The molecule has 3 aliphatic heterocycles. The zero-order valence-electron chi connectivity index (χ0n) is 23.0. The van der Waals surface area contributed by atoms with Gasteiger partial charge in [-0.15, -0.1) is 0 Å². The minimum Gasteiger partial charge on any atom is -0.458 e. The van der Waals surface area contributed by atoms with Gasteiger partial charge in [0.05, 0.1) is 35.9 Å². The molecule has 0 radical (unpaired) electrons. The third kappa shape index (κ3) is 3.17. The van der Waals surface area contributed by atoms with Crippen molar-refractivity contribution in [1.82, 2.24) is 4.90 Å². The van der Waals surface area contributed by atoms with E-state index in [0.29, 0.717) is 12.2 Å². The van der Waals surface area contributed by atoms with Crippen LogP contribution in [0.25, 0.3) is 0 Å². The molecule has 1 aromatic rings. The number of likely N-dealkylation sites (tertiary alicyclic amines) is 1. The van der Waals surface area contributed by atoms with Crippen molar-refractivity contribution in [2.45, 2.75) is 63.3 Å². The van der Waals surface area contributed by atoms with E-state index in [2.05, 4.69) is 17.9 Å². The third-order valence-corrected chi connectivity index (χ3v) is 11.3. The van der Waals surface area contributed by atoms with Gasteiger partial charge in [0.1, 0.15) is 12.3 Å². The molecule has 3 heterocycles. The van der Waals surface area contributed by atoms with Gasteiger partial charge in [0.15, 0.2) is 0 Å². The smallest absolute Gasteiger partial charge is 0.338 e. The molecule has 4 aliphatic carbocycles. The maximum absolute atomic E-state index is 13.4. The van der Waals surface area contributed by atoms with E-state index in [9.17, 15) is 4.79 Å². The Labute approximate surface area is 225 Å². The second-order valence-corrected chi connectivity index (χ2v) is 12.5. The minimum atomic E-state index is -0.287. The molecule has 7 heteroatoms. The van der Waals surface area contributed by atoms with Gasteiger partial charge in [-0.3, -0.25) is 4.90 Å². The number of hydrogen-bond donors (Lipinski definition) is 0. The van der Waals surface area contributed by atoms with Gasteiger partial charge in [-0.2, -0.15) is 0 Å². The van der Waals surface area contributed by atoms with E-state index in [1.54, 1.807) is 0 Å². The van der Waals surface area contributed by atoms with Crippen molar-refractivity contribution in [2.24, 2.45) is 34.5 Å². The molecule has 0 amide bonds. The van der Waals surface area contributed by atoms with Crippen LogP contribution in [0.15, 0.2) is 42.0 Å². The molecule has 1 spiro atoms. The highest BCUT2D eigenvalue weighted by Crippen LogP contribution is 2.72. The van der Waals surface area contributed by atoms with Gasteiger partial charge >= 0.3 is 5.97 Å². The number of carbonyl (C=O) groups excluding carboxylic acids is 1. The lowest BCUT2D eigenvalue weighted by molar-refractivity contribution is -0.251. The number of carbonyl (C=O) groups is 1. The second-order valence-electron chi connectivity index (χ2n) is 12.5. The van der Waals surface area contributed by atoms with E-state index in [0.717, 1.165) is 38.8 Å². The zero-order chi connectivity index (χ0) is 26.2. The van der Waals surface area contributed by atoms with E-state index >= 15 is 0 Å². The largest absolute Gasteiger partial charge is 0.458 e. The molecule has 3 saturated carbocycles. The van der Waals surface area contributed by atoms with Crippen LogP contribution in [0.5, 0.6) is 0 Å². The predicted octanol–water partition coefficient (Wildman–Crippen LogP) is 3.93. The van der Waals surface area contributed by atoms with Crippen LogP contribution < -0.4 is 0 Å². The molecule has 7 bridgehead atoms. The van der Waals surface area contributed by atoms with E-state index in [4.69, 9.17) is 23.7 Å². The monoisotopic (exact) mass is 523 g/mol. The summed E-state index contributed by atoms with van der Waals surface area (Å²) in [6.45, 7) is 4.84. The molecule has 38 heavy (non-hydrogen) atoms. The maximum Gasteiger partial charge on any atom is 0.338 e. The first kappa shape index (κ1) is 25.2. The summed E-state index contributed by atoms with van der Waals surface area (Å²) in [5, 5.41) is 0. The van der Waals surface area contributed by atoms with Crippen LogP contribution >= 0.6 is 0 Å². The predicted molar refractivity (Wildman–Crippen MR) is 140 cm³/mol. The average Bonchev–Trinajstić information content (AvgIpc) is 3.07. The van der Waals surface area contributed by atoms with Gasteiger partial charge < -0.3 is 23.7 Å². The number of nitrogens with zero attached hydrogens (tertiary/aromatic N) is 1. The summed E-state index contributed by atoms with van der Waals surface area (Å²) in [5.74, 6) is 0.646. The maximum atomic E-state index is 13.4. The Kier molecular flexibility index (Phi) is 6.06. The molecule has 7 nitrogen and oxygen atoms in total. The summed E-state index contributed by atoms with van der Waals surface area (Å²) >= 11 is 0. The van der Waals surface area contributed by atoms with Gasteiger partial charge in [0, 0.05) is 45.1 Å². The summed E-state index contributed by atoms with van der Waals surface area (Å²) in [5.41, 5.74) is 1.79. The fourth-order valence-corrected chi connectivity index (χ4v) is 10.1. The lowest BCUT2D eigenvalue weighted by atomic mass is 9.48. The highest BCUT2D eigenvalue weighted by Gasteiger charge is 2.76. The van der Waals surface area contributed by atoms with Gasteiger partial charge in [-0.05, 0) is 61.8 Å². The summed E-state index contributed by atoms with van der Waals surface area (Å²) in [4.78, 5) is 16.0. The first-order chi connectivity index (χ1) is 18.5. The van der Waals surface area contributed by atoms with E-state index < -0.39 is 0 Å². The molecule has 206 valence electrons. The van der Waals surface area contributed by atoms with E-state index in [-0.39, 0.29) is 71.1 Å². The zero-order valence-corrected chi connectivity index (χ0v) is 23.0. The van der Waals surface area contributed by atoms with Crippen molar-refractivity contribution >= 4 is 5.97 Å². The van der Waals surface area contributed by atoms with Crippen LogP contribution in [0.2, 0.25) is 0 Å². The number of piperidine rings is 1. The van der Waals surface area contributed by atoms with Gasteiger partial charge in [-0.25, -0.2) is 4.79 Å². The first-order valence-electron chi connectivity index (χ1n) is 14.4. The van der Waals surface area contributed by atoms with Crippen LogP contribution in [-0.4, -0.2) is 82.5 Å². The second kappa shape index (κ2) is 9.13. The highest BCUT2D eigenvalue weighted by molar-refractivity contribution is 5.89. The molecular formula is C31H41NO6. The van der Waals surface area contributed by atoms with Crippen LogP contribution in [0.1, 0.15) is 43.0 Å². The lowest BCUT2D eigenvalue weighted by Crippen LogP contribution is -2.72. The van der Waals surface area contributed by atoms with E-state index in [1.165, 1.54) is 5.57 Å². The molecule has 0 aromatic heterocycles. The fourth-order valence-electron chi connectivity index (χ4n) is 10.1. The molecule has 1 aromatic carbocycles. The van der Waals surface area contributed by atoms with Gasteiger partial charge in [-0.1, -0.05) is 31.2 Å². The Morgan fingerprint density at radius 3 is 2.63 bits per heavy atom.